The van der Waals surface area contributed by atoms with Gasteiger partial charge >= 0.3 is 0 Å². The van der Waals surface area contributed by atoms with Crippen molar-refractivity contribution in [3.63, 3.8) is 0 Å². The van der Waals surface area contributed by atoms with Gasteiger partial charge in [-0.3, -0.25) is 0 Å². The lowest BCUT2D eigenvalue weighted by Gasteiger charge is -1.99. The molecule has 0 radical (unpaired) electrons. The van der Waals surface area contributed by atoms with Gasteiger partial charge in [0.05, 0.1) is 30.4 Å². The Balaban J connectivity index is 2.29. The van der Waals surface area contributed by atoms with E-state index in [9.17, 15) is 0 Å². The third-order valence-electron chi connectivity index (χ3n) is 3.12. The zero-order valence-electron chi connectivity index (χ0n) is 10.0. The second-order valence-corrected chi connectivity index (χ2v) is 6.79. The van der Waals surface area contributed by atoms with Crippen LogP contribution in [0, 0.1) is 13.8 Å². The van der Waals surface area contributed by atoms with Crippen molar-refractivity contribution < 1.29 is 0 Å². The fourth-order valence-electron chi connectivity index (χ4n) is 2.40. The maximum absolute atomic E-state index is 4.55. The number of rotatable bonds is 0. The predicted molar refractivity (Wildman–Crippen MR) is 79.8 cm³/mol. The second kappa shape index (κ2) is 3.49. The monoisotopic (exact) mass is 270 g/mol. The van der Waals surface area contributed by atoms with E-state index in [2.05, 4.69) is 48.1 Å². The van der Waals surface area contributed by atoms with Gasteiger partial charge in [0, 0.05) is 10.8 Å². The van der Waals surface area contributed by atoms with Crippen molar-refractivity contribution in [2.24, 2.45) is 0 Å². The van der Waals surface area contributed by atoms with Gasteiger partial charge in [0.1, 0.15) is 0 Å². The summed E-state index contributed by atoms with van der Waals surface area (Å²) in [7, 11) is 0. The van der Waals surface area contributed by atoms with Gasteiger partial charge in [-0.1, -0.05) is 12.1 Å². The fourth-order valence-corrected chi connectivity index (χ4v) is 4.29. The lowest BCUT2D eigenvalue weighted by Crippen LogP contribution is -1.75. The molecular formula is C14H10N2S2. The van der Waals surface area contributed by atoms with Crippen LogP contribution in [0.2, 0.25) is 0 Å². The molecule has 0 fully saturated rings. The minimum absolute atomic E-state index is 1.10. The first-order valence-corrected chi connectivity index (χ1v) is 7.42. The first-order chi connectivity index (χ1) is 8.72. The highest BCUT2D eigenvalue weighted by atomic mass is 32.1. The molecule has 88 valence electrons. The van der Waals surface area contributed by atoms with Crippen LogP contribution in [-0.4, -0.2) is 9.97 Å². The van der Waals surface area contributed by atoms with E-state index in [1.807, 2.05) is 0 Å². The van der Waals surface area contributed by atoms with Crippen molar-refractivity contribution in [3.05, 3.63) is 34.3 Å². The summed E-state index contributed by atoms with van der Waals surface area (Å²) >= 11 is 3.54. The Bertz CT molecular complexity index is 826. The molecule has 0 aliphatic carbocycles. The van der Waals surface area contributed by atoms with E-state index >= 15 is 0 Å². The minimum Gasteiger partial charge on any atom is -0.241 e. The third-order valence-corrected chi connectivity index (χ3v) is 5.16. The van der Waals surface area contributed by atoms with Gasteiger partial charge in [0.15, 0.2) is 0 Å². The molecule has 0 saturated carbocycles. The average Bonchev–Trinajstić information content (AvgIpc) is 2.89. The van der Waals surface area contributed by atoms with Gasteiger partial charge in [-0.05, 0) is 26.0 Å². The molecule has 0 saturated heterocycles. The van der Waals surface area contributed by atoms with Crippen LogP contribution in [0.3, 0.4) is 0 Å². The Hall–Kier alpha value is -1.52. The van der Waals surface area contributed by atoms with E-state index in [4.69, 9.17) is 0 Å². The van der Waals surface area contributed by atoms with Crippen LogP contribution in [0.5, 0.6) is 0 Å². The van der Waals surface area contributed by atoms with Gasteiger partial charge in [0.2, 0.25) is 0 Å². The molecule has 2 aromatic heterocycles. The molecular weight excluding hydrogens is 260 g/mol. The third kappa shape index (κ3) is 1.33. The summed E-state index contributed by atoms with van der Waals surface area (Å²) in [4.78, 5) is 9.11. The quantitative estimate of drug-likeness (QED) is 0.464. The Morgan fingerprint density at radius 3 is 1.61 bits per heavy atom. The van der Waals surface area contributed by atoms with Crippen molar-refractivity contribution in [3.8, 4) is 0 Å². The van der Waals surface area contributed by atoms with Crippen LogP contribution in [-0.2, 0) is 0 Å². The summed E-state index contributed by atoms with van der Waals surface area (Å²) in [5.74, 6) is 0. The summed E-state index contributed by atoms with van der Waals surface area (Å²) in [5.41, 5.74) is 2.20. The number of benzene rings is 2. The van der Waals surface area contributed by atoms with E-state index in [-0.39, 0.29) is 0 Å². The highest BCUT2D eigenvalue weighted by molar-refractivity contribution is 7.20. The maximum atomic E-state index is 4.55. The van der Waals surface area contributed by atoms with Crippen molar-refractivity contribution in [1.29, 1.82) is 0 Å². The lowest BCUT2D eigenvalue weighted by molar-refractivity contribution is 1.35. The minimum atomic E-state index is 1.10. The molecule has 4 heteroatoms. The predicted octanol–water partition coefficient (Wildman–Crippen LogP) is 4.68. The molecule has 0 aliphatic heterocycles. The molecule has 4 rings (SSSR count). The molecule has 2 heterocycles. The smallest absolute Gasteiger partial charge is 0.0907 e. The topological polar surface area (TPSA) is 25.8 Å². The van der Waals surface area contributed by atoms with Gasteiger partial charge < -0.3 is 0 Å². The Morgan fingerprint density at radius 1 is 0.722 bits per heavy atom. The zero-order valence-corrected chi connectivity index (χ0v) is 11.7. The molecule has 2 aromatic carbocycles. The van der Waals surface area contributed by atoms with Crippen LogP contribution in [0.4, 0.5) is 0 Å². The van der Waals surface area contributed by atoms with E-state index in [0.29, 0.717) is 0 Å². The molecule has 0 amide bonds. The molecule has 0 aliphatic rings. The standard InChI is InChI=1S/C14H10N2S2/c1-7-15-11-5-3-10-9(13(11)17-7)4-6-12-14(10)18-8(2)16-12/h3-6H,1-2H3. The number of aryl methyl sites for hydroxylation is 2. The molecule has 0 bridgehead atoms. The molecule has 0 N–H and O–H groups in total. The number of aromatic nitrogens is 2. The molecule has 0 unspecified atom stereocenters. The molecule has 4 aromatic rings. The molecule has 0 atom stereocenters. The van der Waals surface area contributed by atoms with E-state index < -0.39 is 0 Å². The molecule has 0 spiro atoms. The van der Waals surface area contributed by atoms with Crippen LogP contribution in [0.1, 0.15) is 10.0 Å². The van der Waals surface area contributed by atoms with E-state index in [0.717, 1.165) is 21.0 Å². The van der Waals surface area contributed by atoms with Crippen LogP contribution in [0.25, 0.3) is 31.2 Å². The number of hydrogen-bond donors (Lipinski definition) is 0. The van der Waals surface area contributed by atoms with Crippen LogP contribution in [0.15, 0.2) is 24.3 Å². The first kappa shape index (κ1) is 10.4. The van der Waals surface area contributed by atoms with E-state index in [1.165, 1.54) is 20.2 Å². The lowest BCUT2D eigenvalue weighted by atomic mass is 10.1. The summed E-state index contributed by atoms with van der Waals surface area (Å²) in [6.45, 7) is 4.12. The number of hydrogen-bond acceptors (Lipinski definition) is 4. The highest BCUT2D eigenvalue weighted by Crippen LogP contribution is 2.36. The van der Waals surface area contributed by atoms with Crippen molar-refractivity contribution in [2.75, 3.05) is 0 Å². The van der Waals surface area contributed by atoms with Gasteiger partial charge in [-0.25, -0.2) is 9.97 Å². The molecule has 18 heavy (non-hydrogen) atoms. The van der Waals surface area contributed by atoms with Gasteiger partial charge in [-0.15, -0.1) is 22.7 Å². The Morgan fingerprint density at radius 2 is 1.17 bits per heavy atom. The number of nitrogens with zero attached hydrogens (tertiary/aromatic N) is 2. The number of fused-ring (bicyclic) bond motifs is 5. The van der Waals surface area contributed by atoms with Crippen LogP contribution >= 0.6 is 22.7 Å². The van der Waals surface area contributed by atoms with Gasteiger partial charge in [0.25, 0.3) is 0 Å². The number of thiazole rings is 2. The normalized spacial score (nSPS) is 11.9. The first-order valence-electron chi connectivity index (χ1n) is 5.78. The SMILES string of the molecule is Cc1nc2ccc3c(ccc4nc(C)sc43)c2s1. The summed E-state index contributed by atoms with van der Waals surface area (Å²) in [6.07, 6.45) is 0. The van der Waals surface area contributed by atoms with E-state index in [1.54, 1.807) is 22.7 Å². The van der Waals surface area contributed by atoms with Crippen molar-refractivity contribution in [2.45, 2.75) is 13.8 Å². The Labute approximate surface area is 112 Å². The zero-order chi connectivity index (χ0) is 12.3. The largest absolute Gasteiger partial charge is 0.241 e. The van der Waals surface area contributed by atoms with Crippen molar-refractivity contribution >= 4 is 53.9 Å². The fraction of sp³-hybridized carbons (Fsp3) is 0.143. The van der Waals surface area contributed by atoms with Crippen LogP contribution < -0.4 is 0 Å². The summed E-state index contributed by atoms with van der Waals surface area (Å²) in [6, 6.07) is 8.60. The van der Waals surface area contributed by atoms with Gasteiger partial charge in [-0.2, -0.15) is 0 Å². The maximum Gasteiger partial charge on any atom is 0.0907 e. The average molecular weight is 270 g/mol. The molecule has 2 nitrogen and oxygen atoms in total. The second-order valence-electron chi connectivity index (χ2n) is 4.39. The Kier molecular flexibility index (Phi) is 2.02. The summed E-state index contributed by atoms with van der Waals surface area (Å²) < 4.78 is 2.58. The van der Waals surface area contributed by atoms with Crippen molar-refractivity contribution in [1.82, 2.24) is 9.97 Å². The highest BCUT2D eigenvalue weighted by Gasteiger charge is 2.10. The summed E-state index contributed by atoms with van der Waals surface area (Å²) in [5, 5.41) is 4.85.